The Bertz CT molecular complexity index is 754. The van der Waals surface area contributed by atoms with E-state index in [9.17, 15) is 24.0 Å². The smallest absolute Gasteiger partial charge is 0.245 e. The minimum Gasteiger partial charge on any atom is -0.345 e. The van der Waals surface area contributed by atoms with E-state index in [1.54, 1.807) is 12.5 Å². The minimum absolute atomic E-state index is 0.174. The van der Waals surface area contributed by atoms with Crippen molar-refractivity contribution in [1.29, 1.82) is 0 Å². The molecule has 0 aromatic heterocycles. The molecule has 4 amide bonds. The first kappa shape index (κ1) is 32.5. The minimum atomic E-state index is -0.767. The van der Waals surface area contributed by atoms with Gasteiger partial charge in [0, 0.05) is 13.0 Å². The molecular formula is C26H47N5O6. The molecule has 212 valence electrons. The molecule has 0 aromatic rings. The van der Waals surface area contributed by atoms with E-state index in [-0.39, 0.29) is 30.7 Å². The van der Waals surface area contributed by atoms with Crippen LogP contribution in [0.4, 0.5) is 0 Å². The first-order valence-corrected chi connectivity index (χ1v) is 13.6. The Hall–Kier alpha value is -2.53. The van der Waals surface area contributed by atoms with Gasteiger partial charge in [0.2, 0.25) is 23.6 Å². The molecule has 11 heteroatoms. The average Bonchev–Trinajstić information content (AvgIpc) is 2.89. The predicted octanol–water partition coefficient (Wildman–Crippen LogP) is 1.43. The van der Waals surface area contributed by atoms with Gasteiger partial charge in [0.15, 0.2) is 0 Å². The van der Waals surface area contributed by atoms with Crippen molar-refractivity contribution in [3.05, 3.63) is 0 Å². The summed E-state index contributed by atoms with van der Waals surface area (Å²) in [7, 11) is 1.78. The summed E-state index contributed by atoms with van der Waals surface area (Å²) < 4.78 is 0. The Balaban J connectivity index is 2.75. The van der Waals surface area contributed by atoms with Gasteiger partial charge in [-0.25, -0.2) is 5.48 Å². The van der Waals surface area contributed by atoms with Crippen molar-refractivity contribution in [2.75, 3.05) is 20.1 Å². The highest BCUT2D eigenvalue weighted by atomic mass is 16.5. The monoisotopic (exact) mass is 525 g/mol. The molecule has 1 rings (SSSR count). The van der Waals surface area contributed by atoms with Crippen LogP contribution in [0.1, 0.15) is 91.4 Å². The summed E-state index contributed by atoms with van der Waals surface area (Å²) in [6.07, 6.45) is 8.17. The van der Waals surface area contributed by atoms with Crippen molar-refractivity contribution in [2.45, 2.75) is 109 Å². The Morgan fingerprint density at radius 3 is 2.22 bits per heavy atom. The van der Waals surface area contributed by atoms with Crippen molar-refractivity contribution >= 4 is 29.9 Å². The van der Waals surface area contributed by atoms with Gasteiger partial charge in [-0.05, 0) is 45.1 Å². The number of nitrogens with one attached hydrogen (secondary N) is 4. The summed E-state index contributed by atoms with van der Waals surface area (Å²) in [5.74, 6) is -1.57. The number of aldehydes is 1. The predicted molar refractivity (Wildman–Crippen MR) is 140 cm³/mol. The number of hydroxylamine groups is 1. The largest absolute Gasteiger partial charge is 0.345 e. The molecule has 0 aromatic carbocycles. The molecule has 0 spiro atoms. The third-order valence-corrected chi connectivity index (χ3v) is 7.03. The molecule has 5 N–H and O–H groups in total. The zero-order valence-electron chi connectivity index (χ0n) is 22.9. The number of hydrogen-bond acceptors (Lipinski definition) is 7. The average molecular weight is 526 g/mol. The van der Waals surface area contributed by atoms with Crippen LogP contribution in [0, 0.1) is 5.92 Å². The SMILES string of the molecule is CCCN(CC(=O)NC(C=O)CCCCCC(=O)NO)C(=O)C(NC(=O)C1(NC)CCCCC1)C(C)C. The van der Waals surface area contributed by atoms with Crippen molar-refractivity contribution in [3.8, 4) is 0 Å². The Morgan fingerprint density at radius 1 is 1.00 bits per heavy atom. The number of amides is 4. The second-order valence-electron chi connectivity index (χ2n) is 10.3. The van der Waals surface area contributed by atoms with E-state index >= 15 is 0 Å². The van der Waals surface area contributed by atoms with Crippen LogP contribution in [0.25, 0.3) is 0 Å². The van der Waals surface area contributed by atoms with Crippen LogP contribution in [0.15, 0.2) is 0 Å². The number of nitrogens with zero attached hydrogens (tertiary/aromatic N) is 1. The fraction of sp³-hybridized carbons (Fsp3) is 0.808. The van der Waals surface area contributed by atoms with E-state index in [1.807, 2.05) is 20.8 Å². The zero-order chi connectivity index (χ0) is 27.8. The van der Waals surface area contributed by atoms with E-state index < -0.39 is 29.4 Å². The quantitative estimate of drug-likeness (QED) is 0.0832. The molecule has 1 aliphatic carbocycles. The molecule has 1 fully saturated rings. The van der Waals surface area contributed by atoms with E-state index in [0.29, 0.717) is 44.9 Å². The van der Waals surface area contributed by atoms with E-state index in [4.69, 9.17) is 5.21 Å². The molecule has 1 aliphatic rings. The Kier molecular flexibility index (Phi) is 15.0. The lowest BCUT2D eigenvalue weighted by Crippen LogP contribution is -2.62. The summed E-state index contributed by atoms with van der Waals surface area (Å²) in [6, 6.07) is -1.46. The van der Waals surface area contributed by atoms with E-state index in [2.05, 4.69) is 16.0 Å². The Labute approximate surface area is 220 Å². The molecule has 11 nitrogen and oxygen atoms in total. The number of unbranched alkanes of at least 4 members (excludes halogenated alkanes) is 2. The highest BCUT2D eigenvalue weighted by Crippen LogP contribution is 2.28. The Morgan fingerprint density at radius 2 is 1.68 bits per heavy atom. The van der Waals surface area contributed by atoms with Crippen molar-refractivity contribution in [2.24, 2.45) is 5.92 Å². The van der Waals surface area contributed by atoms with E-state index in [0.717, 1.165) is 32.1 Å². The third kappa shape index (κ3) is 10.8. The topological polar surface area (TPSA) is 157 Å². The van der Waals surface area contributed by atoms with Crippen LogP contribution >= 0.6 is 0 Å². The van der Waals surface area contributed by atoms with Gasteiger partial charge in [-0.15, -0.1) is 0 Å². The van der Waals surface area contributed by atoms with Crippen molar-refractivity contribution in [1.82, 2.24) is 26.3 Å². The molecule has 2 atom stereocenters. The van der Waals surface area contributed by atoms with Gasteiger partial charge in [-0.2, -0.15) is 0 Å². The molecule has 0 bridgehead atoms. The van der Waals surface area contributed by atoms with Gasteiger partial charge in [0.1, 0.15) is 12.3 Å². The van der Waals surface area contributed by atoms with Gasteiger partial charge in [0.25, 0.3) is 0 Å². The summed E-state index contributed by atoms with van der Waals surface area (Å²) in [5.41, 5.74) is 0.892. The first-order valence-electron chi connectivity index (χ1n) is 13.6. The third-order valence-electron chi connectivity index (χ3n) is 7.03. The van der Waals surface area contributed by atoms with Crippen LogP contribution in [0.5, 0.6) is 0 Å². The standard InChI is InChI=1S/C26H47N5O6/c1-5-16-31(17-22(34)28-20(18-32)12-8-6-9-13-21(33)30-37)24(35)23(19(2)3)29-25(36)26(27-4)14-10-7-11-15-26/h18-20,23,27,37H,5-17H2,1-4H3,(H,28,34)(H,29,36)(H,30,33). The van der Waals surface area contributed by atoms with Gasteiger partial charge >= 0.3 is 0 Å². The first-order chi connectivity index (χ1) is 17.6. The molecule has 0 aliphatic heterocycles. The normalized spacial score (nSPS) is 16.4. The lowest BCUT2D eigenvalue weighted by Gasteiger charge is -2.38. The molecule has 0 radical (unpaired) electrons. The zero-order valence-corrected chi connectivity index (χ0v) is 22.9. The summed E-state index contributed by atoms with van der Waals surface area (Å²) in [4.78, 5) is 63.5. The van der Waals surface area contributed by atoms with Crippen LogP contribution in [0.3, 0.4) is 0 Å². The molecule has 1 saturated carbocycles. The maximum Gasteiger partial charge on any atom is 0.245 e. The lowest BCUT2D eigenvalue weighted by molar-refractivity contribution is -0.142. The second kappa shape index (κ2) is 17.1. The molecular weight excluding hydrogens is 478 g/mol. The molecule has 0 saturated heterocycles. The van der Waals surface area contributed by atoms with Crippen LogP contribution in [-0.2, 0) is 24.0 Å². The number of rotatable bonds is 17. The fourth-order valence-corrected chi connectivity index (χ4v) is 4.76. The number of likely N-dealkylation sites (N-methyl/N-ethyl adjacent to an activating group) is 1. The second-order valence-corrected chi connectivity index (χ2v) is 10.3. The van der Waals surface area contributed by atoms with Crippen molar-refractivity contribution < 1.29 is 29.2 Å². The van der Waals surface area contributed by atoms with Gasteiger partial charge in [0.05, 0.1) is 18.1 Å². The maximum absolute atomic E-state index is 13.5. The summed E-state index contributed by atoms with van der Waals surface area (Å²) in [5, 5.41) is 17.3. The number of carbonyl (C=O) groups excluding carboxylic acids is 5. The van der Waals surface area contributed by atoms with Crippen molar-refractivity contribution in [3.63, 3.8) is 0 Å². The van der Waals surface area contributed by atoms with Crippen LogP contribution in [-0.4, -0.2) is 77.8 Å². The van der Waals surface area contributed by atoms with Crippen LogP contribution in [0.2, 0.25) is 0 Å². The molecule has 2 unspecified atom stereocenters. The number of hydrogen-bond donors (Lipinski definition) is 5. The number of carbonyl (C=O) groups is 5. The lowest BCUT2D eigenvalue weighted by atomic mass is 9.80. The highest BCUT2D eigenvalue weighted by Gasteiger charge is 2.40. The van der Waals surface area contributed by atoms with Gasteiger partial charge in [-0.3, -0.25) is 24.4 Å². The van der Waals surface area contributed by atoms with Gasteiger partial charge < -0.3 is 25.6 Å². The van der Waals surface area contributed by atoms with Gasteiger partial charge in [-0.1, -0.05) is 52.9 Å². The van der Waals surface area contributed by atoms with Crippen LogP contribution < -0.4 is 21.4 Å². The summed E-state index contributed by atoms with van der Waals surface area (Å²) >= 11 is 0. The summed E-state index contributed by atoms with van der Waals surface area (Å²) in [6.45, 7) is 5.79. The van der Waals surface area contributed by atoms with E-state index in [1.165, 1.54) is 4.90 Å². The highest BCUT2D eigenvalue weighted by molar-refractivity contribution is 5.94. The molecule has 37 heavy (non-hydrogen) atoms. The maximum atomic E-state index is 13.5. The fourth-order valence-electron chi connectivity index (χ4n) is 4.76. The molecule has 0 heterocycles.